The Bertz CT molecular complexity index is 1630. The van der Waals surface area contributed by atoms with Gasteiger partial charge in [-0.1, -0.05) is 54.6 Å². The number of fused-ring (bicyclic) bond motifs is 5. The first-order valence-corrected chi connectivity index (χ1v) is 10.4. The molecular weight excluding hydrogens is 398 g/mol. The van der Waals surface area contributed by atoms with E-state index in [2.05, 4.69) is 39.3 Å². The average Bonchev–Trinajstić information content (AvgIpc) is 3.38. The molecule has 0 aliphatic heterocycles. The summed E-state index contributed by atoms with van der Waals surface area (Å²) in [6.45, 7) is 0. The molecule has 0 bridgehead atoms. The molecule has 0 spiro atoms. The predicted molar refractivity (Wildman–Crippen MR) is 126 cm³/mol. The highest BCUT2D eigenvalue weighted by Gasteiger charge is 2.18. The van der Waals surface area contributed by atoms with Crippen molar-refractivity contribution in [2.75, 3.05) is 7.11 Å². The number of benzene rings is 4. The Balaban J connectivity index is 1.64. The molecule has 0 aliphatic carbocycles. The number of ether oxygens (including phenoxy) is 1. The fraction of sp³-hybridized carbons (Fsp3) is 0.0370. The second-order valence-corrected chi connectivity index (χ2v) is 7.65. The molecule has 2 aromatic heterocycles. The summed E-state index contributed by atoms with van der Waals surface area (Å²) in [4.78, 5) is 17.3. The third-order valence-electron chi connectivity index (χ3n) is 5.86. The van der Waals surface area contributed by atoms with E-state index in [0.717, 1.165) is 44.7 Å². The van der Waals surface area contributed by atoms with E-state index in [4.69, 9.17) is 9.72 Å². The third-order valence-corrected chi connectivity index (χ3v) is 5.86. The summed E-state index contributed by atoms with van der Waals surface area (Å²) in [5, 5.41) is 0. The summed E-state index contributed by atoms with van der Waals surface area (Å²) in [5.41, 5.74) is 7.43. The number of para-hydroxylation sites is 3. The van der Waals surface area contributed by atoms with Crippen LogP contribution >= 0.6 is 0 Å². The Hall–Kier alpha value is -4.38. The molecule has 4 aromatic carbocycles. The molecule has 2 heterocycles. The van der Waals surface area contributed by atoms with Crippen LogP contribution < -0.4 is 0 Å². The standard InChI is InChI=1S/C27H19N3O2/c1-32-26(31)21-12-6-5-11-20(21)18-15-16-23-22(17-18)28-27-29(19-9-3-2-4-10-19)24-13-7-8-14-25(24)30(23)27/h2-17H,1H3. The maximum Gasteiger partial charge on any atom is 0.338 e. The lowest BCUT2D eigenvalue weighted by Gasteiger charge is -2.08. The van der Waals surface area contributed by atoms with Crippen LogP contribution in [0.25, 0.3) is 44.7 Å². The maximum absolute atomic E-state index is 12.3. The van der Waals surface area contributed by atoms with Gasteiger partial charge in [0.1, 0.15) is 0 Å². The lowest BCUT2D eigenvalue weighted by atomic mass is 9.99. The van der Waals surface area contributed by atoms with Gasteiger partial charge >= 0.3 is 5.97 Å². The quantitative estimate of drug-likeness (QED) is 0.338. The Morgan fingerprint density at radius 3 is 2.31 bits per heavy atom. The van der Waals surface area contributed by atoms with Gasteiger partial charge in [-0.2, -0.15) is 0 Å². The fourth-order valence-corrected chi connectivity index (χ4v) is 4.43. The van der Waals surface area contributed by atoms with Crippen molar-refractivity contribution in [3.63, 3.8) is 0 Å². The van der Waals surface area contributed by atoms with E-state index in [1.165, 1.54) is 7.11 Å². The van der Waals surface area contributed by atoms with E-state index in [-0.39, 0.29) is 5.97 Å². The van der Waals surface area contributed by atoms with Gasteiger partial charge in [-0.3, -0.25) is 8.97 Å². The van der Waals surface area contributed by atoms with Crippen molar-refractivity contribution >= 4 is 33.8 Å². The summed E-state index contributed by atoms with van der Waals surface area (Å²) in [6.07, 6.45) is 0. The third kappa shape index (κ3) is 2.65. The van der Waals surface area contributed by atoms with Crippen LogP contribution in [-0.2, 0) is 4.74 Å². The van der Waals surface area contributed by atoms with Crippen LogP contribution in [0.1, 0.15) is 10.4 Å². The second-order valence-electron chi connectivity index (χ2n) is 7.65. The van der Waals surface area contributed by atoms with E-state index in [1.54, 1.807) is 6.07 Å². The fourth-order valence-electron chi connectivity index (χ4n) is 4.43. The number of aromatic nitrogens is 3. The largest absolute Gasteiger partial charge is 0.465 e. The lowest BCUT2D eigenvalue weighted by Crippen LogP contribution is -2.03. The van der Waals surface area contributed by atoms with E-state index >= 15 is 0 Å². The van der Waals surface area contributed by atoms with E-state index in [1.807, 2.05) is 60.7 Å². The molecule has 0 aliphatic rings. The highest BCUT2D eigenvalue weighted by molar-refractivity contribution is 5.99. The normalized spacial score (nSPS) is 11.4. The van der Waals surface area contributed by atoms with Crippen LogP contribution in [0, 0.1) is 0 Å². The Morgan fingerprint density at radius 1 is 0.781 bits per heavy atom. The van der Waals surface area contributed by atoms with Crippen molar-refractivity contribution in [3.8, 4) is 16.8 Å². The van der Waals surface area contributed by atoms with Crippen molar-refractivity contribution in [2.24, 2.45) is 0 Å². The molecule has 0 atom stereocenters. The number of carbonyl (C=O) groups excluding carboxylic acids is 1. The SMILES string of the molecule is COC(=O)c1ccccc1-c1ccc2c(c1)nc1n(-c3ccccc3)c3ccccc3n21. The van der Waals surface area contributed by atoms with Crippen molar-refractivity contribution in [1.29, 1.82) is 0 Å². The second kappa shape index (κ2) is 7.10. The molecule has 0 fully saturated rings. The molecule has 154 valence electrons. The van der Waals surface area contributed by atoms with Crippen molar-refractivity contribution in [3.05, 3.63) is 103 Å². The summed E-state index contributed by atoms with van der Waals surface area (Å²) in [6, 6.07) is 32.2. The molecule has 0 radical (unpaired) electrons. The first-order chi connectivity index (χ1) is 15.8. The minimum atomic E-state index is -0.350. The van der Waals surface area contributed by atoms with Gasteiger partial charge in [0.25, 0.3) is 0 Å². The molecule has 6 rings (SSSR count). The van der Waals surface area contributed by atoms with Gasteiger partial charge < -0.3 is 4.74 Å². The number of hydrogen-bond donors (Lipinski definition) is 0. The minimum absolute atomic E-state index is 0.350. The Kier molecular flexibility index (Phi) is 4.08. The van der Waals surface area contributed by atoms with Gasteiger partial charge in [0, 0.05) is 5.69 Å². The van der Waals surface area contributed by atoms with Crippen LogP contribution in [0.5, 0.6) is 0 Å². The maximum atomic E-state index is 12.3. The van der Waals surface area contributed by atoms with Crippen LogP contribution in [0.2, 0.25) is 0 Å². The van der Waals surface area contributed by atoms with Crippen molar-refractivity contribution in [2.45, 2.75) is 0 Å². The molecule has 0 unspecified atom stereocenters. The highest BCUT2D eigenvalue weighted by Crippen LogP contribution is 2.32. The summed E-state index contributed by atoms with van der Waals surface area (Å²) in [7, 11) is 1.40. The number of esters is 1. The van der Waals surface area contributed by atoms with Crippen LogP contribution in [0.3, 0.4) is 0 Å². The number of nitrogens with zero attached hydrogens (tertiary/aromatic N) is 3. The molecular formula is C27H19N3O2. The van der Waals surface area contributed by atoms with Gasteiger partial charge in [-0.25, -0.2) is 9.78 Å². The first-order valence-electron chi connectivity index (χ1n) is 10.4. The number of rotatable bonds is 3. The number of methoxy groups -OCH3 is 1. The minimum Gasteiger partial charge on any atom is -0.465 e. The first kappa shape index (κ1) is 18.4. The van der Waals surface area contributed by atoms with Crippen molar-refractivity contribution < 1.29 is 9.53 Å². The zero-order chi connectivity index (χ0) is 21.7. The predicted octanol–water partition coefficient (Wildman–Crippen LogP) is 5.89. The van der Waals surface area contributed by atoms with Crippen molar-refractivity contribution in [1.82, 2.24) is 14.0 Å². The molecule has 5 heteroatoms. The Morgan fingerprint density at radius 2 is 1.50 bits per heavy atom. The topological polar surface area (TPSA) is 48.5 Å². The number of imidazole rings is 2. The molecule has 0 saturated carbocycles. The summed E-state index contributed by atoms with van der Waals surface area (Å²) < 4.78 is 9.34. The van der Waals surface area contributed by atoms with Gasteiger partial charge in [0.15, 0.2) is 0 Å². The highest BCUT2D eigenvalue weighted by atomic mass is 16.5. The van der Waals surface area contributed by atoms with E-state index in [0.29, 0.717) is 5.56 Å². The smallest absolute Gasteiger partial charge is 0.338 e. The summed E-state index contributed by atoms with van der Waals surface area (Å²) >= 11 is 0. The molecule has 6 aromatic rings. The van der Waals surface area contributed by atoms with Gasteiger partial charge in [0.2, 0.25) is 5.78 Å². The Labute approximate surface area is 184 Å². The number of hydrogen-bond acceptors (Lipinski definition) is 3. The summed E-state index contributed by atoms with van der Waals surface area (Å²) in [5.74, 6) is 0.503. The van der Waals surface area contributed by atoms with Crippen LogP contribution in [0.4, 0.5) is 0 Å². The average molecular weight is 417 g/mol. The van der Waals surface area contributed by atoms with Crippen LogP contribution in [-0.4, -0.2) is 27.0 Å². The molecule has 0 saturated heterocycles. The molecule has 32 heavy (non-hydrogen) atoms. The molecule has 5 nitrogen and oxygen atoms in total. The van der Waals surface area contributed by atoms with Gasteiger partial charge in [0.05, 0.1) is 34.7 Å². The van der Waals surface area contributed by atoms with Crippen LogP contribution in [0.15, 0.2) is 97.1 Å². The zero-order valence-electron chi connectivity index (χ0n) is 17.4. The molecule has 0 N–H and O–H groups in total. The van der Waals surface area contributed by atoms with Gasteiger partial charge in [-0.15, -0.1) is 0 Å². The molecule has 0 amide bonds. The lowest BCUT2D eigenvalue weighted by molar-refractivity contribution is 0.0601. The van der Waals surface area contributed by atoms with E-state index in [9.17, 15) is 4.79 Å². The zero-order valence-corrected chi connectivity index (χ0v) is 17.4. The van der Waals surface area contributed by atoms with Gasteiger partial charge in [-0.05, 0) is 53.6 Å². The van der Waals surface area contributed by atoms with E-state index < -0.39 is 0 Å². The number of carbonyl (C=O) groups is 1. The monoisotopic (exact) mass is 417 g/mol.